The van der Waals surface area contributed by atoms with Gasteiger partial charge in [-0.25, -0.2) is 4.39 Å². The van der Waals surface area contributed by atoms with E-state index in [1.807, 2.05) is 11.4 Å². The van der Waals surface area contributed by atoms with Gasteiger partial charge in [0.15, 0.2) is 0 Å². The Labute approximate surface area is 105 Å². The second-order valence-electron chi connectivity index (χ2n) is 3.36. The molecule has 0 saturated heterocycles. The van der Waals surface area contributed by atoms with Crippen LogP contribution in [0.1, 0.15) is 4.88 Å². The van der Waals surface area contributed by atoms with E-state index in [0.717, 1.165) is 4.47 Å². The van der Waals surface area contributed by atoms with E-state index in [2.05, 4.69) is 21.2 Å². The van der Waals surface area contributed by atoms with Crippen LogP contribution in [0.3, 0.4) is 0 Å². The first-order valence-corrected chi connectivity index (χ1v) is 6.33. The monoisotopic (exact) mass is 300 g/mol. The van der Waals surface area contributed by atoms with Gasteiger partial charge in [-0.2, -0.15) is 0 Å². The number of nitrogens with one attached hydrogen (secondary N) is 1. The predicted molar refractivity (Wildman–Crippen MR) is 70.2 cm³/mol. The summed E-state index contributed by atoms with van der Waals surface area (Å²) in [6.45, 7) is 0.666. The second-order valence-corrected chi connectivity index (χ2v) is 5.27. The Morgan fingerprint density at radius 1 is 1.31 bits per heavy atom. The van der Waals surface area contributed by atoms with Gasteiger partial charge in [-0.05, 0) is 40.2 Å². The van der Waals surface area contributed by atoms with Gasteiger partial charge in [-0.1, -0.05) is 0 Å². The maximum Gasteiger partial charge on any atom is 0.127 e. The molecule has 0 spiro atoms. The summed E-state index contributed by atoms with van der Waals surface area (Å²) in [5.74, 6) is -0.324. The maximum absolute atomic E-state index is 13.0. The number of benzene rings is 1. The molecule has 0 atom stereocenters. The van der Waals surface area contributed by atoms with Crippen LogP contribution in [-0.2, 0) is 6.54 Å². The molecule has 0 aliphatic rings. The molecule has 1 aromatic heterocycles. The Morgan fingerprint density at radius 2 is 2.12 bits per heavy atom. The summed E-state index contributed by atoms with van der Waals surface area (Å²) in [4.78, 5) is 1.18. The van der Waals surface area contributed by atoms with Gasteiger partial charge in [0.1, 0.15) is 5.82 Å². The molecule has 5 heteroatoms. The largest absolute Gasteiger partial charge is 0.399 e. The SMILES string of the molecule is Nc1cc(F)cc(NCc2cc(Br)cs2)c1. The number of nitrogens with two attached hydrogens (primary N) is 1. The Kier molecular flexibility index (Phi) is 3.46. The highest BCUT2D eigenvalue weighted by molar-refractivity contribution is 9.10. The molecule has 84 valence electrons. The molecule has 0 bridgehead atoms. The molecule has 2 rings (SSSR count). The zero-order chi connectivity index (χ0) is 11.5. The lowest BCUT2D eigenvalue weighted by molar-refractivity contribution is 0.629. The van der Waals surface area contributed by atoms with Crippen molar-refractivity contribution < 1.29 is 4.39 Å². The molecule has 1 aromatic carbocycles. The molecule has 0 amide bonds. The Morgan fingerprint density at radius 3 is 2.75 bits per heavy atom. The van der Waals surface area contributed by atoms with Crippen molar-refractivity contribution >= 4 is 38.6 Å². The quantitative estimate of drug-likeness (QED) is 0.845. The summed E-state index contributed by atoms with van der Waals surface area (Å²) < 4.78 is 14.1. The van der Waals surface area contributed by atoms with Crippen LogP contribution in [0.25, 0.3) is 0 Å². The third-order valence-electron chi connectivity index (χ3n) is 2.01. The van der Waals surface area contributed by atoms with E-state index < -0.39 is 0 Å². The van der Waals surface area contributed by atoms with Crippen LogP contribution in [0.2, 0.25) is 0 Å². The summed E-state index contributed by atoms with van der Waals surface area (Å²) in [7, 11) is 0. The van der Waals surface area contributed by atoms with Gasteiger partial charge in [-0.3, -0.25) is 0 Å². The molecular weight excluding hydrogens is 291 g/mol. The summed E-state index contributed by atoms with van der Waals surface area (Å²) in [5.41, 5.74) is 6.67. The van der Waals surface area contributed by atoms with Crippen LogP contribution in [-0.4, -0.2) is 0 Å². The Hall–Kier alpha value is -1.07. The van der Waals surface area contributed by atoms with E-state index >= 15 is 0 Å². The highest BCUT2D eigenvalue weighted by Crippen LogP contribution is 2.21. The third kappa shape index (κ3) is 2.96. The first-order chi connectivity index (χ1) is 7.63. The molecule has 3 N–H and O–H groups in total. The summed E-state index contributed by atoms with van der Waals surface area (Å²) in [5, 5.41) is 5.14. The predicted octanol–water partition coefficient (Wildman–Crippen LogP) is 3.84. The van der Waals surface area contributed by atoms with E-state index in [1.54, 1.807) is 17.4 Å². The Bertz CT molecular complexity index is 478. The minimum Gasteiger partial charge on any atom is -0.399 e. The number of nitrogen functional groups attached to an aromatic ring is 1. The van der Waals surface area contributed by atoms with Gasteiger partial charge in [0.05, 0.1) is 0 Å². The van der Waals surface area contributed by atoms with Crippen molar-refractivity contribution in [3.63, 3.8) is 0 Å². The van der Waals surface area contributed by atoms with Crippen molar-refractivity contribution in [1.29, 1.82) is 0 Å². The zero-order valence-electron chi connectivity index (χ0n) is 8.34. The van der Waals surface area contributed by atoms with E-state index in [0.29, 0.717) is 17.9 Å². The van der Waals surface area contributed by atoms with Gasteiger partial charge >= 0.3 is 0 Å². The highest BCUT2D eigenvalue weighted by atomic mass is 79.9. The van der Waals surface area contributed by atoms with Crippen LogP contribution in [0.5, 0.6) is 0 Å². The minimum atomic E-state index is -0.324. The van der Waals surface area contributed by atoms with Crippen molar-refractivity contribution in [3.8, 4) is 0 Å². The molecule has 1 heterocycles. The number of halogens is 2. The molecule has 16 heavy (non-hydrogen) atoms. The molecule has 2 nitrogen and oxygen atoms in total. The van der Waals surface area contributed by atoms with Gasteiger partial charge in [0.2, 0.25) is 0 Å². The molecule has 0 saturated carbocycles. The van der Waals surface area contributed by atoms with Crippen LogP contribution >= 0.6 is 27.3 Å². The van der Waals surface area contributed by atoms with Crippen molar-refractivity contribution in [3.05, 3.63) is 44.8 Å². The van der Waals surface area contributed by atoms with Crippen molar-refractivity contribution in [2.24, 2.45) is 0 Å². The number of rotatable bonds is 3. The lowest BCUT2D eigenvalue weighted by Crippen LogP contribution is -1.99. The molecule has 0 radical (unpaired) electrons. The van der Waals surface area contributed by atoms with E-state index in [9.17, 15) is 4.39 Å². The van der Waals surface area contributed by atoms with Gasteiger partial charge < -0.3 is 11.1 Å². The van der Waals surface area contributed by atoms with Crippen LogP contribution in [0.15, 0.2) is 34.1 Å². The summed E-state index contributed by atoms with van der Waals surface area (Å²) in [6.07, 6.45) is 0. The van der Waals surface area contributed by atoms with Crippen molar-refractivity contribution in [2.75, 3.05) is 11.1 Å². The fourth-order valence-electron chi connectivity index (χ4n) is 1.35. The second kappa shape index (κ2) is 4.84. The molecular formula is C11H10BrFN2S. The molecule has 0 aliphatic carbocycles. The smallest absolute Gasteiger partial charge is 0.127 e. The van der Waals surface area contributed by atoms with Crippen LogP contribution in [0.4, 0.5) is 15.8 Å². The van der Waals surface area contributed by atoms with Gasteiger partial charge in [0.25, 0.3) is 0 Å². The standard InChI is InChI=1S/C11H10BrFN2S/c12-7-1-11(16-6-7)5-15-10-3-8(13)2-9(14)4-10/h1-4,6,15H,5,14H2. The lowest BCUT2D eigenvalue weighted by atomic mass is 10.2. The first-order valence-electron chi connectivity index (χ1n) is 4.66. The topological polar surface area (TPSA) is 38.0 Å². The highest BCUT2D eigenvalue weighted by Gasteiger charge is 2.00. The Balaban J connectivity index is 2.04. The van der Waals surface area contributed by atoms with E-state index in [-0.39, 0.29) is 5.82 Å². The maximum atomic E-state index is 13.0. The normalized spacial score (nSPS) is 10.4. The first kappa shape index (κ1) is 11.4. The number of anilines is 2. The summed E-state index contributed by atoms with van der Waals surface area (Å²) >= 11 is 5.03. The van der Waals surface area contributed by atoms with Crippen LogP contribution < -0.4 is 11.1 Å². The van der Waals surface area contributed by atoms with Gasteiger partial charge in [0, 0.05) is 32.6 Å². The molecule has 0 aliphatic heterocycles. The van der Waals surface area contributed by atoms with Crippen LogP contribution in [0, 0.1) is 5.82 Å². The van der Waals surface area contributed by atoms with E-state index in [4.69, 9.17) is 5.73 Å². The average molecular weight is 301 g/mol. The summed E-state index contributed by atoms with van der Waals surface area (Å²) in [6, 6.07) is 6.47. The van der Waals surface area contributed by atoms with Gasteiger partial charge in [-0.15, -0.1) is 11.3 Å². The average Bonchev–Trinajstić information content (AvgIpc) is 2.60. The fourth-order valence-corrected chi connectivity index (χ4v) is 2.74. The number of thiophene rings is 1. The third-order valence-corrected chi connectivity index (χ3v) is 3.71. The van der Waals surface area contributed by atoms with Crippen molar-refractivity contribution in [1.82, 2.24) is 0 Å². The van der Waals surface area contributed by atoms with E-state index in [1.165, 1.54) is 17.0 Å². The molecule has 0 fully saturated rings. The fraction of sp³-hybridized carbons (Fsp3) is 0.0909. The number of hydrogen-bond acceptors (Lipinski definition) is 3. The minimum absolute atomic E-state index is 0.324. The molecule has 2 aromatic rings. The van der Waals surface area contributed by atoms with Crippen molar-refractivity contribution in [2.45, 2.75) is 6.54 Å². The number of hydrogen-bond donors (Lipinski definition) is 2. The lowest BCUT2D eigenvalue weighted by Gasteiger charge is -2.05. The zero-order valence-corrected chi connectivity index (χ0v) is 10.7. The molecule has 0 unspecified atom stereocenters.